The molecule has 9 nitrogen and oxygen atoms in total. The third-order valence-electron chi connectivity index (χ3n) is 3.83. The summed E-state index contributed by atoms with van der Waals surface area (Å²) in [5.41, 5.74) is 8.18. The second kappa shape index (κ2) is 11.5. The Balaban J connectivity index is 2.37. The second-order valence-corrected chi connectivity index (χ2v) is 7.56. The summed E-state index contributed by atoms with van der Waals surface area (Å²) in [6.07, 6.45) is 4.82. The van der Waals surface area contributed by atoms with E-state index in [1.54, 1.807) is 32.9 Å². The molecule has 0 radical (unpaired) electrons. The number of esters is 1. The number of non-ortho nitro benzene ring substituents is 1. The van der Waals surface area contributed by atoms with Gasteiger partial charge in [-0.2, -0.15) is 4.79 Å². The summed E-state index contributed by atoms with van der Waals surface area (Å²) in [5.74, 6) is -1.93. The van der Waals surface area contributed by atoms with E-state index in [1.807, 2.05) is 12.2 Å². The van der Waals surface area contributed by atoms with Gasteiger partial charge in [-0.25, -0.2) is 4.79 Å². The van der Waals surface area contributed by atoms with Crippen LogP contribution in [0.1, 0.15) is 58.4 Å². The molecule has 0 aliphatic carbocycles. The lowest BCUT2D eigenvalue weighted by Crippen LogP contribution is -2.34. The number of hydrogen-bond donors (Lipinski definition) is 0. The second-order valence-electron chi connectivity index (χ2n) is 7.56. The first-order chi connectivity index (χ1) is 14.0. The Kier molecular flexibility index (Phi) is 9.45. The average Bonchev–Trinajstić information content (AvgIpc) is 2.65. The first-order valence-electron chi connectivity index (χ1n) is 9.45. The van der Waals surface area contributed by atoms with Gasteiger partial charge in [0.15, 0.2) is 0 Å². The smallest absolute Gasteiger partial charge is 0.441 e. The standard InChI is InChI=1S/C21H25N3O6/c1-21(2,3)30-20(27)19(23-22)18(26)14-13-17(25)8-6-4-5-7-15-9-11-16(12-10-15)24(28)29/h5,7,9-12H,4,6,8,13-14H2,1-3H3/b7-5+. The largest absolute Gasteiger partial charge is 0.451 e. The summed E-state index contributed by atoms with van der Waals surface area (Å²) in [6, 6.07) is 6.11. The highest BCUT2D eigenvalue weighted by molar-refractivity contribution is 6.62. The lowest BCUT2D eigenvalue weighted by Gasteiger charge is -2.17. The van der Waals surface area contributed by atoms with Crippen LogP contribution in [0.2, 0.25) is 0 Å². The van der Waals surface area contributed by atoms with Crippen molar-refractivity contribution in [2.24, 2.45) is 0 Å². The maximum absolute atomic E-state index is 12.0. The zero-order chi connectivity index (χ0) is 22.7. The van der Waals surface area contributed by atoms with Gasteiger partial charge in [-0.1, -0.05) is 12.2 Å². The molecule has 1 aromatic carbocycles. The number of unbranched alkanes of at least 4 members (excludes halogenated alkanes) is 1. The Bertz CT molecular complexity index is 875. The van der Waals surface area contributed by atoms with Crippen molar-refractivity contribution in [1.29, 1.82) is 0 Å². The van der Waals surface area contributed by atoms with Gasteiger partial charge in [-0.15, -0.1) is 0 Å². The van der Waals surface area contributed by atoms with E-state index in [1.165, 1.54) is 12.1 Å². The first-order valence-corrected chi connectivity index (χ1v) is 9.45. The number of nitro benzene ring substituents is 1. The van der Waals surface area contributed by atoms with E-state index in [0.29, 0.717) is 12.8 Å². The fraction of sp³-hybridized carbons (Fsp3) is 0.429. The summed E-state index contributed by atoms with van der Waals surface area (Å²) < 4.78 is 4.99. The van der Waals surface area contributed by atoms with E-state index in [2.05, 4.69) is 4.79 Å². The summed E-state index contributed by atoms with van der Waals surface area (Å²) in [4.78, 5) is 48.6. The minimum atomic E-state index is -1.03. The summed E-state index contributed by atoms with van der Waals surface area (Å²) in [7, 11) is 0. The number of hydrogen-bond acceptors (Lipinski definition) is 6. The van der Waals surface area contributed by atoms with E-state index < -0.39 is 28.0 Å². The van der Waals surface area contributed by atoms with Crippen LogP contribution in [0.5, 0.6) is 0 Å². The molecule has 0 fully saturated rings. The molecule has 0 unspecified atom stereocenters. The van der Waals surface area contributed by atoms with Crippen molar-refractivity contribution >= 4 is 35.0 Å². The highest BCUT2D eigenvalue weighted by atomic mass is 16.6. The Morgan fingerprint density at radius 1 is 1.13 bits per heavy atom. The van der Waals surface area contributed by atoms with Gasteiger partial charge in [-0.05, 0) is 51.3 Å². The van der Waals surface area contributed by atoms with Crippen LogP contribution in [-0.2, 0) is 19.1 Å². The number of allylic oxidation sites excluding steroid dienone is 1. The van der Waals surface area contributed by atoms with Gasteiger partial charge in [0.1, 0.15) is 11.4 Å². The Labute approximate surface area is 174 Å². The molecule has 0 saturated heterocycles. The Morgan fingerprint density at radius 2 is 1.77 bits per heavy atom. The Morgan fingerprint density at radius 3 is 2.30 bits per heavy atom. The van der Waals surface area contributed by atoms with Crippen LogP contribution >= 0.6 is 0 Å². The number of Topliss-reactive ketones (excluding diaryl/α,β-unsaturated/α-hetero) is 2. The van der Waals surface area contributed by atoms with E-state index in [-0.39, 0.29) is 30.7 Å². The molecular weight excluding hydrogens is 390 g/mol. The molecule has 1 aromatic rings. The van der Waals surface area contributed by atoms with Crippen molar-refractivity contribution in [2.75, 3.05) is 0 Å². The maximum atomic E-state index is 12.0. The molecule has 0 spiro atoms. The predicted octanol–water partition coefficient (Wildman–Crippen LogP) is 3.71. The maximum Gasteiger partial charge on any atom is 0.441 e. The third kappa shape index (κ3) is 9.16. The Hall–Kier alpha value is -3.45. The van der Waals surface area contributed by atoms with Crippen LogP contribution in [0.25, 0.3) is 11.6 Å². The van der Waals surface area contributed by atoms with Crippen molar-refractivity contribution in [2.45, 2.75) is 58.5 Å². The van der Waals surface area contributed by atoms with Gasteiger partial charge >= 0.3 is 11.7 Å². The van der Waals surface area contributed by atoms with Crippen LogP contribution < -0.4 is 0 Å². The van der Waals surface area contributed by atoms with E-state index in [9.17, 15) is 24.5 Å². The van der Waals surface area contributed by atoms with Crippen LogP contribution in [-0.4, -0.2) is 38.6 Å². The molecule has 160 valence electrons. The SMILES string of the molecule is CC(C)(C)OC(=O)C(=[N+]=[N-])C(=O)CCC(=O)CCC/C=C/c1ccc([N+](=O)[O-])cc1. The number of nitro groups is 1. The molecule has 0 saturated carbocycles. The highest BCUT2D eigenvalue weighted by Gasteiger charge is 2.33. The fourth-order valence-corrected chi connectivity index (χ4v) is 2.38. The van der Waals surface area contributed by atoms with Crippen LogP contribution in [0.15, 0.2) is 30.3 Å². The zero-order valence-corrected chi connectivity index (χ0v) is 17.3. The van der Waals surface area contributed by atoms with Crippen molar-refractivity contribution in [3.05, 3.63) is 51.6 Å². The number of benzene rings is 1. The van der Waals surface area contributed by atoms with Crippen LogP contribution in [0.4, 0.5) is 5.69 Å². The summed E-state index contributed by atoms with van der Waals surface area (Å²) in [6.45, 7) is 4.85. The van der Waals surface area contributed by atoms with Gasteiger partial charge in [0, 0.05) is 31.4 Å². The molecule has 30 heavy (non-hydrogen) atoms. The molecular formula is C21H25N3O6. The molecule has 0 atom stereocenters. The molecule has 0 aliphatic heterocycles. The number of nitrogens with zero attached hydrogens (tertiary/aromatic N) is 3. The minimum absolute atomic E-state index is 0.0216. The molecule has 0 amide bonds. The molecule has 0 bridgehead atoms. The fourth-order valence-electron chi connectivity index (χ4n) is 2.38. The average molecular weight is 415 g/mol. The zero-order valence-electron chi connectivity index (χ0n) is 17.3. The lowest BCUT2D eigenvalue weighted by atomic mass is 10.0. The highest BCUT2D eigenvalue weighted by Crippen LogP contribution is 2.14. The number of ether oxygens (including phenoxy) is 1. The molecule has 0 aromatic heterocycles. The molecule has 0 heterocycles. The van der Waals surface area contributed by atoms with Gasteiger partial charge in [-0.3, -0.25) is 19.7 Å². The number of ketones is 2. The van der Waals surface area contributed by atoms with Gasteiger partial charge in [0.25, 0.3) is 11.5 Å². The molecule has 0 N–H and O–H groups in total. The number of carbonyl (C=O) groups is 3. The predicted molar refractivity (Wildman–Crippen MR) is 110 cm³/mol. The lowest BCUT2D eigenvalue weighted by molar-refractivity contribution is -0.384. The van der Waals surface area contributed by atoms with Crippen molar-refractivity contribution in [1.82, 2.24) is 0 Å². The third-order valence-corrected chi connectivity index (χ3v) is 3.83. The topological polar surface area (TPSA) is 140 Å². The normalized spacial score (nSPS) is 11.0. The van der Waals surface area contributed by atoms with Gasteiger partial charge < -0.3 is 10.3 Å². The summed E-state index contributed by atoms with van der Waals surface area (Å²) >= 11 is 0. The van der Waals surface area contributed by atoms with Crippen molar-refractivity contribution in [3.8, 4) is 0 Å². The minimum Gasteiger partial charge on any atom is -0.451 e. The van der Waals surface area contributed by atoms with Crippen molar-refractivity contribution in [3.63, 3.8) is 0 Å². The molecule has 0 aliphatic rings. The quantitative estimate of drug-likeness (QED) is 0.0788. The first kappa shape index (κ1) is 24.6. The van der Waals surface area contributed by atoms with E-state index in [0.717, 1.165) is 5.56 Å². The van der Waals surface area contributed by atoms with E-state index in [4.69, 9.17) is 10.3 Å². The van der Waals surface area contributed by atoms with Crippen LogP contribution in [0.3, 0.4) is 0 Å². The number of rotatable bonds is 11. The number of carbonyl (C=O) groups excluding carboxylic acids is 3. The van der Waals surface area contributed by atoms with E-state index >= 15 is 0 Å². The van der Waals surface area contributed by atoms with Crippen molar-refractivity contribution < 1.29 is 28.8 Å². The summed E-state index contributed by atoms with van der Waals surface area (Å²) in [5, 5.41) is 10.6. The monoisotopic (exact) mass is 415 g/mol. The van der Waals surface area contributed by atoms with Crippen LogP contribution in [0, 0.1) is 10.1 Å². The molecule has 9 heteroatoms. The van der Waals surface area contributed by atoms with Gasteiger partial charge in [0.2, 0.25) is 0 Å². The molecule has 1 rings (SSSR count). The van der Waals surface area contributed by atoms with Gasteiger partial charge in [0.05, 0.1) is 4.92 Å².